The lowest BCUT2D eigenvalue weighted by Gasteiger charge is -2.34. The lowest BCUT2D eigenvalue weighted by atomic mass is 10.0. The normalized spacial score (nSPS) is 18.0. The van der Waals surface area contributed by atoms with Gasteiger partial charge < -0.3 is 10.2 Å². The molecule has 1 aromatic rings. The maximum Gasteiger partial charge on any atom is 0.244 e. The molecule has 0 saturated carbocycles. The first-order valence-corrected chi connectivity index (χ1v) is 8.15. The number of nitrogens with zero attached hydrogens (tertiary/aromatic N) is 1. The van der Waals surface area contributed by atoms with Crippen LogP contribution in [0.15, 0.2) is 18.2 Å². The molecule has 1 fully saturated rings. The number of aryl methyl sites for hydroxylation is 1. The molecule has 1 saturated heterocycles. The Kier molecular flexibility index (Phi) is 5.38. The third kappa shape index (κ3) is 4.46. The number of rotatable bonds is 4. The van der Waals surface area contributed by atoms with Crippen LogP contribution in [0.5, 0.6) is 0 Å². The van der Waals surface area contributed by atoms with Gasteiger partial charge >= 0.3 is 0 Å². The smallest absolute Gasteiger partial charge is 0.244 e. The Hall–Kier alpha value is -1.13. The van der Waals surface area contributed by atoms with Gasteiger partial charge in [-0.25, -0.2) is 0 Å². The topological polar surface area (TPSA) is 32.3 Å². The molecule has 110 valence electrons. The first-order valence-electron chi connectivity index (χ1n) is 7.33. The largest absolute Gasteiger partial charge is 0.350 e. The summed E-state index contributed by atoms with van der Waals surface area (Å²) in [7, 11) is 0. The maximum atomic E-state index is 11.9. The van der Waals surface area contributed by atoms with Crippen molar-refractivity contribution in [1.82, 2.24) is 10.2 Å². The van der Waals surface area contributed by atoms with Crippen molar-refractivity contribution in [1.29, 1.82) is 0 Å². The van der Waals surface area contributed by atoms with E-state index in [2.05, 4.69) is 37.1 Å². The number of hydrogen-bond acceptors (Lipinski definition) is 3. The van der Waals surface area contributed by atoms with Crippen LogP contribution in [0.1, 0.15) is 36.4 Å². The molecule has 1 aliphatic heterocycles. The molecule has 4 heteroatoms. The van der Waals surface area contributed by atoms with Gasteiger partial charge in [0.25, 0.3) is 0 Å². The number of amides is 1. The third-order valence-electron chi connectivity index (χ3n) is 3.77. The summed E-state index contributed by atoms with van der Waals surface area (Å²) in [6.07, 6.45) is 5.65. The number of hydrogen-bond donors (Lipinski definition) is 1. The van der Waals surface area contributed by atoms with Gasteiger partial charge in [0.2, 0.25) is 5.91 Å². The van der Waals surface area contributed by atoms with Gasteiger partial charge in [-0.2, -0.15) is 0 Å². The number of piperidine rings is 1. The average Bonchev–Trinajstić information content (AvgIpc) is 2.83. The SMILES string of the molecule is Cc1ccc(/C=C/C(=O)NC2CCN(C(C)C)CC2)s1. The van der Waals surface area contributed by atoms with Crippen LogP contribution in [0, 0.1) is 6.92 Å². The Bertz CT molecular complexity index is 471. The molecule has 0 atom stereocenters. The summed E-state index contributed by atoms with van der Waals surface area (Å²) in [5.41, 5.74) is 0. The van der Waals surface area contributed by atoms with E-state index >= 15 is 0 Å². The molecular weight excluding hydrogens is 268 g/mol. The van der Waals surface area contributed by atoms with Gasteiger partial charge in [0.1, 0.15) is 0 Å². The van der Waals surface area contributed by atoms with Crippen molar-refractivity contribution in [2.45, 2.75) is 45.7 Å². The van der Waals surface area contributed by atoms with Crippen molar-refractivity contribution >= 4 is 23.3 Å². The highest BCUT2D eigenvalue weighted by atomic mass is 32.1. The van der Waals surface area contributed by atoms with E-state index < -0.39 is 0 Å². The molecular formula is C16H24N2OS. The second-order valence-electron chi connectivity index (χ2n) is 5.69. The molecule has 2 heterocycles. The fourth-order valence-electron chi connectivity index (χ4n) is 2.51. The van der Waals surface area contributed by atoms with Crippen molar-refractivity contribution in [3.05, 3.63) is 28.0 Å². The predicted octanol–water partition coefficient (Wildman–Crippen LogP) is 3.06. The first-order chi connectivity index (χ1) is 9.54. The van der Waals surface area contributed by atoms with Gasteiger partial charge in [-0.15, -0.1) is 11.3 Å². The van der Waals surface area contributed by atoms with Crippen molar-refractivity contribution in [3.63, 3.8) is 0 Å². The molecule has 1 aliphatic rings. The molecule has 0 spiro atoms. The van der Waals surface area contributed by atoms with Crippen molar-refractivity contribution in [2.24, 2.45) is 0 Å². The first kappa shape index (κ1) is 15.3. The summed E-state index contributed by atoms with van der Waals surface area (Å²) in [5.74, 6) is 0.0269. The Labute approximate surface area is 125 Å². The van der Waals surface area contributed by atoms with E-state index in [1.807, 2.05) is 12.1 Å². The fourth-order valence-corrected chi connectivity index (χ4v) is 3.29. The quantitative estimate of drug-likeness (QED) is 0.865. The molecule has 3 nitrogen and oxygen atoms in total. The summed E-state index contributed by atoms with van der Waals surface area (Å²) >= 11 is 1.71. The van der Waals surface area contributed by atoms with Gasteiger partial charge in [0.05, 0.1) is 0 Å². The van der Waals surface area contributed by atoms with Crippen LogP contribution in [0.3, 0.4) is 0 Å². The zero-order valence-corrected chi connectivity index (χ0v) is 13.4. The van der Waals surface area contributed by atoms with Crippen molar-refractivity contribution in [2.75, 3.05) is 13.1 Å². The fraction of sp³-hybridized carbons (Fsp3) is 0.562. The van der Waals surface area contributed by atoms with Crippen LogP contribution in [-0.4, -0.2) is 36.0 Å². The molecule has 0 aromatic carbocycles. The van der Waals surface area contributed by atoms with E-state index in [1.165, 1.54) is 4.88 Å². The zero-order valence-electron chi connectivity index (χ0n) is 12.6. The highest BCUT2D eigenvalue weighted by molar-refractivity contribution is 7.12. The predicted molar refractivity (Wildman–Crippen MR) is 86.0 cm³/mol. The lowest BCUT2D eigenvalue weighted by Crippen LogP contribution is -2.46. The zero-order chi connectivity index (χ0) is 14.5. The van der Waals surface area contributed by atoms with Crippen LogP contribution in [0.25, 0.3) is 6.08 Å². The second kappa shape index (κ2) is 7.04. The van der Waals surface area contributed by atoms with E-state index in [0.717, 1.165) is 30.8 Å². The van der Waals surface area contributed by atoms with Gasteiger partial charge in [-0.3, -0.25) is 4.79 Å². The molecule has 1 aromatic heterocycles. The monoisotopic (exact) mass is 292 g/mol. The Morgan fingerprint density at radius 2 is 2.10 bits per heavy atom. The molecule has 20 heavy (non-hydrogen) atoms. The Morgan fingerprint density at radius 1 is 1.40 bits per heavy atom. The number of thiophene rings is 1. The van der Waals surface area contributed by atoms with Crippen molar-refractivity contribution in [3.8, 4) is 0 Å². The van der Waals surface area contributed by atoms with Crippen LogP contribution in [0.4, 0.5) is 0 Å². The highest BCUT2D eigenvalue weighted by Crippen LogP contribution is 2.16. The van der Waals surface area contributed by atoms with Gasteiger partial charge in [-0.1, -0.05) is 0 Å². The van der Waals surface area contributed by atoms with Crippen LogP contribution in [-0.2, 0) is 4.79 Å². The molecule has 0 unspecified atom stereocenters. The van der Waals surface area contributed by atoms with Gasteiger partial charge in [-0.05, 0) is 51.8 Å². The summed E-state index contributed by atoms with van der Waals surface area (Å²) in [5, 5.41) is 3.11. The van der Waals surface area contributed by atoms with E-state index in [4.69, 9.17) is 0 Å². The van der Waals surface area contributed by atoms with Crippen LogP contribution < -0.4 is 5.32 Å². The Morgan fingerprint density at radius 3 is 2.65 bits per heavy atom. The van der Waals surface area contributed by atoms with Gasteiger partial charge in [0.15, 0.2) is 0 Å². The number of carbonyl (C=O) groups excluding carboxylic acids is 1. The summed E-state index contributed by atoms with van der Waals surface area (Å²) < 4.78 is 0. The van der Waals surface area contributed by atoms with Crippen LogP contribution in [0.2, 0.25) is 0 Å². The highest BCUT2D eigenvalue weighted by Gasteiger charge is 2.21. The molecule has 0 bridgehead atoms. The van der Waals surface area contributed by atoms with Gasteiger partial charge in [0, 0.05) is 41.0 Å². The van der Waals surface area contributed by atoms with E-state index in [-0.39, 0.29) is 5.91 Å². The third-order valence-corrected chi connectivity index (χ3v) is 4.73. The molecule has 2 rings (SSSR count). The molecule has 1 amide bonds. The Balaban J connectivity index is 1.77. The number of nitrogens with one attached hydrogen (secondary N) is 1. The standard InChI is InChI=1S/C16H24N2OS/c1-12(2)18-10-8-14(9-11-18)17-16(19)7-6-15-5-4-13(3)20-15/h4-7,12,14H,8-11H2,1-3H3,(H,17,19)/b7-6+. The second-order valence-corrected chi connectivity index (χ2v) is 7.01. The molecule has 1 N–H and O–H groups in total. The van der Waals surface area contributed by atoms with E-state index in [1.54, 1.807) is 17.4 Å². The minimum absolute atomic E-state index is 0.0269. The van der Waals surface area contributed by atoms with Crippen molar-refractivity contribution < 1.29 is 4.79 Å². The average molecular weight is 292 g/mol. The number of carbonyl (C=O) groups is 1. The van der Waals surface area contributed by atoms with E-state index in [9.17, 15) is 4.79 Å². The summed E-state index contributed by atoms with van der Waals surface area (Å²) in [6, 6.07) is 5.05. The maximum absolute atomic E-state index is 11.9. The summed E-state index contributed by atoms with van der Waals surface area (Å²) in [4.78, 5) is 16.8. The summed E-state index contributed by atoms with van der Waals surface area (Å²) in [6.45, 7) is 8.69. The lowest BCUT2D eigenvalue weighted by molar-refractivity contribution is -0.117. The molecule has 0 radical (unpaired) electrons. The minimum Gasteiger partial charge on any atom is -0.350 e. The molecule has 0 aliphatic carbocycles. The number of likely N-dealkylation sites (tertiary alicyclic amines) is 1. The van der Waals surface area contributed by atoms with E-state index in [0.29, 0.717) is 12.1 Å². The minimum atomic E-state index is 0.0269. The van der Waals surface area contributed by atoms with Crippen LogP contribution >= 0.6 is 11.3 Å².